The first-order valence-corrected chi connectivity index (χ1v) is 5.90. The molecule has 2 rings (SSSR count). The minimum atomic E-state index is -0.252. The summed E-state index contributed by atoms with van der Waals surface area (Å²) in [4.78, 5) is 12.5. The van der Waals surface area contributed by atoms with Crippen LogP contribution in [0.15, 0.2) is 34.0 Å². The Morgan fingerprint density at radius 2 is 2.20 bits per heavy atom. The van der Waals surface area contributed by atoms with Gasteiger partial charge in [0.1, 0.15) is 0 Å². The topological polar surface area (TPSA) is 53.6 Å². The van der Waals surface area contributed by atoms with E-state index in [4.69, 9.17) is 12.2 Å². The van der Waals surface area contributed by atoms with E-state index < -0.39 is 0 Å². The first-order chi connectivity index (χ1) is 7.22. The summed E-state index contributed by atoms with van der Waals surface area (Å²) < 4.78 is 1.80. The lowest BCUT2D eigenvalue weighted by Crippen LogP contribution is -2.14. The SMILES string of the molecule is CSc1cccc(-n2c(=O)[nH][nH]c2=S)c1. The summed E-state index contributed by atoms with van der Waals surface area (Å²) in [7, 11) is 0. The van der Waals surface area contributed by atoms with Crippen molar-refractivity contribution in [1.82, 2.24) is 14.8 Å². The Morgan fingerprint density at radius 1 is 1.40 bits per heavy atom. The minimum Gasteiger partial charge on any atom is -0.272 e. The normalized spacial score (nSPS) is 10.5. The molecule has 0 unspecified atom stereocenters. The summed E-state index contributed by atoms with van der Waals surface area (Å²) in [5.41, 5.74) is 0.521. The summed E-state index contributed by atoms with van der Waals surface area (Å²) in [6.45, 7) is 0. The summed E-state index contributed by atoms with van der Waals surface area (Å²) in [5.74, 6) is 0. The maximum Gasteiger partial charge on any atom is 0.347 e. The van der Waals surface area contributed by atoms with E-state index in [1.165, 1.54) is 4.57 Å². The summed E-state index contributed by atoms with van der Waals surface area (Å²) in [6.07, 6.45) is 1.99. The van der Waals surface area contributed by atoms with Crippen LogP contribution >= 0.6 is 24.0 Å². The van der Waals surface area contributed by atoms with Crippen LogP contribution in [0.2, 0.25) is 0 Å². The number of benzene rings is 1. The molecule has 0 spiro atoms. The van der Waals surface area contributed by atoms with Gasteiger partial charge in [0.05, 0.1) is 5.69 Å². The Labute approximate surface area is 95.3 Å². The zero-order chi connectivity index (χ0) is 10.8. The lowest BCUT2D eigenvalue weighted by atomic mass is 10.3. The number of nitrogens with one attached hydrogen (secondary N) is 2. The molecular formula is C9H9N3OS2. The molecule has 0 aliphatic heterocycles. The van der Waals surface area contributed by atoms with Crippen molar-refractivity contribution in [3.05, 3.63) is 39.5 Å². The molecule has 0 radical (unpaired) electrons. The van der Waals surface area contributed by atoms with Crippen molar-refractivity contribution in [2.24, 2.45) is 0 Å². The van der Waals surface area contributed by atoms with Gasteiger partial charge in [-0.3, -0.25) is 5.10 Å². The van der Waals surface area contributed by atoms with Crippen LogP contribution in [0.25, 0.3) is 5.69 Å². The average molecular weight is 239 g/mol. The highest BCUT2D eigenvalue weighted by Gasteiger charge is 2.03. The number of H-pyrrole nitrogens is 2. The lowest BCUT2D eigenvalue weighted by Gasteiger charge is -2.01. The molecule has 1 aromatic heterocycles. The number of aromatic nitrogens is 3. The van der Waals surface area contributed by atoms with Crippen molar-refractivity contribution in [2.45, 2.75) is 4.90 Å². The van der Waals surface area contributed by atoms with E-state index in [-0.39, 0.29) is 5.69 Å². The first kappa shape index (κ1) is 10.3. The smallest absolute Gasteiger partial charge is 0.272 e. The van der Waals surface area contributed by atoms with E-state index in [0.717, 1.165) is 10.6 Å². The highest BCUT2D eigenvalue weighted by atomic mass is 32.2. The summed E-state index contributed by atoms with van der Waals surface area (Å²) in [6, 6.07) is 7.65. The van der Waals surface area contributed by atoms with Crippen LogP contribution in [0.3, 0.4) is 0 Å². The number of thioether (sulfide) groups is 1. The molecule has 0 amide bonds. The largest absolute Gasteiger partial charge is 0.347 e. The lowest BCUT2D eigenvalue weighted by molar-refractivity contribution is 0.970. The molecule has 78 valence electrons. The van der Waals surface area contributed by atoms with Gasteiger partial charge in [-0.2, -0.15) is 0 Å². The molecule has 15 heavy (non-hydrogen) atoms. The van der Waals surface area contributed by atoms with Gasteiger partial charge >= 0.3 is 5.69 Å². The molecule has 2 aromatic rings. The standard InChI is InChI=1S/C9H9N3OS2/c1-15-7-4-2-3-6(5-7)12-8(13)10-11-9(12)14/h2-5H,1H3,(H,10,13)(H,11,14). The Hall–Kier alpha value is -1.27. The quantitative estimate of drug-likeness (QED) is 0.622. The maximum atomic E-state index is 11.4. The molecule has 6 heteroatoms. The van der Waals surface area contributed by atoms with Crippen LogP contribution in [0, 0.1) is 4.77 Å². The molecule has 1 heterocycles. The van der Waals surface area contributed by atoms with E-state index in [2.05, 4.69) is 10.2 Å². The number of rotatable bonds is 2. The van der Waals surface area contributed by atoms with Crippen molar-refractivity contribution >= 4 is 24.0 Å². The van der Waals surface area contributed by atoms with Crippen LogP contribution in [0.5, 0.6) is 0 Å². The van der Waals surface area contributed by atoms with Crippen LogP contribution in [-0.4, -0.2) is 21.0 Å². The van der Waals surface area contributed by atoms with Gasteiger partial charge in [0, 0.05) is 4.90 Å². The third kappa shape index (κ3) is 1.91. The molecule has 1 aromatic carbocycles. The van der Waals surface area contributed by atoms with E-state index in [1.807, 2.05) is 30.5 Å². The van der Waals surface area contributed by atoms with Crippen molar-refractivity contribution in [3.8, 4) is 5.69 Å². The molecule has 0 aliphatic rings. The molecule has 0 saturated carbocycles. The van der Waals surface area contributed by atoms with E-state index in [0.29, 0.717) is 4.77 Å². The Morgan fingerprint density at radius 3 is 2.80 bits per heavy atom. The molecule has 2 N–H and O–H groups in total. The Kier molecular flexibility index (Phi) is 2.79. The third-order valence-electron chi connectivity index (χ3n) is 1.99. The Balaban J connectivity index is 2.64. The third-order valence-corrected chi connectivity index (χ3v) is 3.00. The van der Waals surface area contributed by atoms with Gasteiger partial charge in [0.15, 0.2) is 0 Å². The summed E-state index contributed by atoms with van der Waals surface area (Å²) >= 11 is 6.63. The van der Waals surface area contributed by atoms with Crippen LogP contribution in [0.1, 0.15) is 0 Å². The van der Waals surface area contributed by atoms with Gasteiger partial charge in [0.2, 0.25) is 4.77 Å². The molecule has 4 nitrogen and oxygen atoms in total. The first-order valence-electron chi connectivity index (χ1n) is 4.26. The molecular weight excluding hydrogens is 230 g/mol. The van der Waals surface area contributed by atoms with E-state index >= 15 is 0 Å². The number of aromatic amines is 2. The fourth-order valence-corrected chi connectivity index (χ4v) is 1.99. The second kappa shape index (κ2) is 4.08. The van der Waals surface area contributed by atoms with E-state index in [1.54, 1.807) is 11.8 Å². The van der Waals surface area contributed by atoms with Crippen LogP contribution in [0.4, 0.5) is 0 Å². The number of nitrogens with zero attached hydrogens (tertiary/aromatic N) is 1. The van der Waals surface area contributed by atoms with Gasteiger partial charge < -0.3 is 0 Å². The van der Waals surface area contributed by atoms with Gasteiger partial charge in [-0.25, -0.2) is 14.5 Å². The second-order valence-corrected chi connectivity index (χ2v) is 4.16. The fraction of sp³-hybridized carbons (Fsp3) is 0.111. The van der Waals surface area contributed by atoms with Crippen molar-refractivity contribution in [2.75, 3.05) is 6.26 Å². The minimum absolute atomic E-state index is 0.252. The van der Waals surface area contributed by atoms with Crippen molar-refractivity contribution < 1.29 is 0 Å². The monoisotopic (exact) mass is 239 g/mol. The Bertz CT molecular complexity index is 554. The number of hydrogen-bond acceptors (Lipinski definition) is 3. The van der Waals surface area contributed by atoms with Crippen molar-refractivity contribution in [3.63, 3.8) is 0 Å². The highest BCUT2D eigenvalue weighted by Crippen LogP contribution is 2.17. The van der Waals surface area contributed by atoms with Gasteiger partial charge in [-0.15, -0.1) is 11.8 Å². The summed E-state index contributed by atoms with van der Waals surface area (Å²) in [5, 5.41) is 5.05. The van der Waals surface area contributed by atoms with Gasteiger partial charge in [0.25, 0.3) is 0 Å². The molecule has 0 bridgehead atoms. The molecule has 0 aliphatic carbocycles. The number of hydrogen-bond donors (Lipinski definition) is 2. The fourth-order valence-electron chi connectivity index (χ4n) is 1.30. The van der Waals surface area contributed by atoms with Crippen LogP contribution in [-0.2, 0) is 0 Å². The predicted molar refractivity (Wildman–Crippen MR) is 63.4 cm³/mol. The molecule has 0 fully saturated rings. The van der Waals surface area contributed by atoms with Crippen LogP contribution < -0.4 is 5.69 Å². The second-order valence-electron chi connectivity index (χ2n) is 2.90. The highest BCUT2D eigenvalue weighted by molar-refractivity contribution is 7.98. The zero-order valence-electron chi connectivity index (χ0n) is 7.98. The zero-order valence-corrected chi connectivity index (χ0v) is 9.61. The van der Waals surface area contributed by atoms with Crippen molar-refractivity contribution in [1.29, 1.82) is 0 Å². The predicted octanol–water partition coefficient (Wildman–Crippen LogP) is 1.95. The molecule has 0 atom stereocenters. The maximum absolute atomic E-state index is 11.4. The molecule has 0 saturated heterocycles. The average Bonchev–Trinajstić information content (AvgIpc) is 2.59. The van der Waals surface area contributed by atoms with E-state index in [9.17, 15) is 4.79 Å². The van der Waals surface area contributed by atoms with Gasteiger partial charge in [-0.05, 0) is 36.7 Å². The van der Waals surface area contributed by atoms with Gasteiger partial charge in [-0.1, -0.05) is 6.07 Å².